The van der Waals surface area contributed by atoms with E-state index in [4.69, 9.17) is 4.74 Å². The molecule has 1 unspecified atom stereocenters. The van der Waals surface area contributed by atoms with Crippen molar-refractivity contribution >= 4 is 17.6 Å². The molecule has 0 spiro atoms. The van der Waals surface area contributed by atoms with Crippen LogP contribution in [0.4, 0.5) is 5.82 Å². The van der Waals surface area contributed by atoms with Crippen molar-refractivity contribution in [1.29, 1.82) is 0 Å². The van der Waals surface area contributed by atoms with Gasteiger partial charge in [-0.3, -0.25) is 14.5 Å². The Bertz CT molecular complexity index is 989. The number of methoxy groups -OCH3 is 1. The van der Waals surface area contributed by atoms with E-state index in [1.807, 2.05) is 36.1 Å². The van der Waals surface area contributed by atoms with Gasteiger partial charge in [0.15, 0.2) is 0 Å². The predicted molar refractivity (Wildman–Crippen MR) is 127 cm³/mol. The van der Waals surface area contributed by atoms with Crippen LogP contribution in [0.15, 0.2) is 36.5 Å². The summed E-state index contributed by atoms with van der Waals surface area (Å²) in [4.78, 5) is 36.5. The second-order valence-corrected chi connectivity index (χ2v) is 8.71. The molecule has 2 amide bonds. The molecule has 0 saturated carbocycles. The summed E-state index contributed by atoms with van der Waals surface area (Å²) in [5.74, 6) is 1.77. The third kappa shape index (κ3) is 5.11. The summed E-state index contributed by atoms with van der Waals surface area (Å²) in [5, 5.41) is 2.94. The Balaban J connectivity index is 1.40. The second-order valence-electron chi connectivity index (χ2n) is 8.71. The predicted octanol–water partition coefficient (Wildman–Crippen LogP) is 1.75. The number of aromatic nitrogens is 1. The molecule has 0 radical (unpaired) electrons. The van der Waals surface area contributed by atoms with Crippen molar-refractivity contribution in [1.82, 2.24) is 20.1 Å². The molecule has 1 atom stereocenters. The van der Waals surface area contributed by atoms with E-state index in [0.717, 1.165) is 47.9 Å². The molecule has 2 aromatic rings. The summed E-state index contributed by atoms with van der Waals surface area (Å²) >= 11 is 0. The van der Waals surface area contributed by atoms with Crippen LogP contribution in [0.3, 0.4) is 0 Å². The van der Waals surface area contributed by atoms with Gasteiger partial charge in [-0.25, -0.2) is 4.98 Å². The highest BCUT2D eigenvalue weighted by Gasteiger charge is 2.34. The number of anilines is 1. The molecule has 4 rings (SSSR count). The van der Waals surface area contributed by atoms with Crippen molar-refractivity contribution in [3.8, 4) is 5.75 Å². The molecule has 2 aliphatic rings. The second kappa shape index (κ2) is 10.2. The van der Waals surface area contributed by atoms with Crippen molar-refractivity contribution in [2.45, 2.75) is 32.9 Å². The Morgan fingerprint density at radius 3 is 2.58 bits per heavy atom. The summed E-state index contributed by atoms with van der Waals surface area (Å²) in [6, 6.07) is 9.44. The lowest BCUT2D eigenvalue weighted by Gasteiger charge is -2.38. The molecule has 3 heterocycles. The van der Waals surface area contributed by atoms with Gasteiger partial charge in [-0.15, -0.1) is 0 Å². The van der Waals surface area contributed by atoms with Crippen molar-refractivity contribution in [2.75, 3.05) is 51.3 Å². The zero-order valence-corrected chi connectivity index (χ0v) is 19.7. The van der Waals surface area contributed by atoms with Crippen LogP contribution < -0.4 is 15.0 Å². The van der Waals surface area contributed by atoms with E-state index in [9.17, 15) is 9.59 Å². The number of pyridine rings is 1. The molecule has 176 valence electrons. The van der Waals surface area contributed by atoms with Crippen LogP contribution in [0.1, 0.15) is 23.1 Å². The number of hydrogen-bond acceptors (Lipinski definition) is 6. The first-order chi connectivity index (χ1) is 16.0. The first-order valence-electron chi connectivity index (χ1n) is 11.6. The van der Waals surface area contributed by atoms with Crippen LogP contribution in [0.5, 0.6) is 5.75 Å². The molecule has 2 aliphatic heterocycles. The Labute approximate surface area is 195 Å². The standard InChI is InChI=1S/C25H33N5O3/c1-18-19(2)22(33-3)8-7-20(18)17-30-11-10-27-25(32)21(30)16-24(31)29-14-12-28(13-15-29)23-6-4-5-9-26-23/h4-9,21H,10-17H2,1-3H3,(H,27,32). The van der Waals surface area contributed by atoms with Gasteiger partial charge in [0.1, 0.15) is 11.6 Å². The van der Waals surface area contributed by atoms with E-state index in [2.05, 4.69) is 33.1 Å². The van der Waals surface area contributed by atoms with Crippen LogP contribution >= 0.6 is 0 Å². The molecule has 8 nitrogen and oxygen atoms in total. The highest BCUT2D eigenvalue weighted by molar-refractivity contribution is 5.89. The first kappa shape index (κ1) is 23.0. The Hall–Kier alpha value is -3.13. The topological polar surface area (TPSA) is 78.0 Å². The third-order valence-electron chi connectivity index (χ3n) is 6.86. The fourth-order valence-corrected chi connectivity index (χ4v) is 4.66. The number of hydrogen-bond donors (Lipinski definition) is 1. The average Bonchev–Trinajstić information content (AvgIpc) is 2.85. The number of amides is 2. The maximum absolute atomic E-state index is 13.1. The molecule has 0 aliphatic carbocycles. The molecule has 1 aromatic heterocycles. The number of carbonyl (C=O) groups is 2. The van der Waals surface area contributed by atoms with Gasteiger partial charge in [0.05, 0.1) is 19.6 Å². The number of rotatable bonds is 6. The minimum absolute atomic E-state index is 0.0327. The maximum Gasteiger partial charge on any atom is 0.237 e. The monoisotopic (exact) mass is 451 g/mol. The van der Waals surface area contributed by atoms with E-state index in [-0.39, 0.29) is 18.2 Å². The van der Waals surface area contributed by atoms with Crippen molar-refractivity contribution < 1.29 is 14.3 Å². The van der Waals surface area contributed by atoms with Crippen LogP contribution in [-0.4, -0.2) is 79.0 Å². The molecule has 0 bridgehead atoms. The highest BCUT2D eigenvalue weighted by Crippen LogP contribution is 2.26. The summed E-state index contributed by atoms with van der Waals surface area (Å²) in [6.07, 6.45) is 1.98. The minimum atomic E-state index is -0.457. The number of carbonyl (C=O) groups excluding carboxylic acids is 2. The van der Waals surface area contributed by atoms with E-state index in [0.29, 0.717) is 26.2 Å². The van der Waals surface area contributed by atoms with Crippen molar-refractivity contribution in [3.63, 3.8) is 0 Å². The smallest absolute Gasteiger partial charge is 0.237 e. The van der Waals surface area contributed by atoms with Crippen LogP contribution in [0.2, 0.25) is 0 Å². The molecule has 2 fully saturated rings. The van der Waals surface area contributed by atoms with E-state index in [1.54, 1.807) is 13.3 Å². The lowest BCUT2D eigenvalue weighted by atomic mass is 10.00. The van der Waals surface area contributed by atoms with Gasteiger partial charge in [-0.1, -0.05) is 12.1 Å². The van der Waals surface area contributed by atoms with Gasteiger partial charge in [0, 0.05) is 52.0 Å². The number of nitrogens with zero attached hydrogens (tertiary/aromatic N) is 4. The minimum Gasteiger partial charge on any atom is -0.496 e. The lowest BCUT2D eigenvalue weighted by Crippen LogP contribution is -2.57. The van der Waals surface area contributed by atoms with Crippen LogP contribution in [0, 0.1) is 13.8 Å². The van der Waals surface area contributed by atoms with Gasteiger partial charge in [0.25, 0.3) is 0 Å². The van der Waals surface area contributed by atoms with E-state index < -0.39 is 6.04 Å². The van der Waals surface area contributed by atoms with Gasteiger partial charge >= 0.3 is 0 Å². The number of nitrogens with one attached hydrogen (secondary N) is 1. The van der Waals surface area contributed by atoms with E-state index >= 15 is 0 Å². The van der Waals surface area contributed by atoms with Crippen molar-refractivity contribution in [3.05, 3.63) is 53.2 Å². The summed E-state index contributed by atoms with van der Waals surface area (Å²) < 4.78 is 5.43. The molecule has 8 heteroatoms. The van der Waals surface area contributed by atoms with Gasteiger partial charge < -0.3 is 19.9 Å². The quantitative estimate of drug-likeness (QED) is 0.721. The number of benzene rings is 1. The largest absolute Gasteiger partial charge is 0.496 e. The molecule has 2 saturated heterocycles. The van der Waals surface area contributed by atoms with Gasteiger partial charge in [-0.05, 0) is 48.7 Å². The van der Waals surface area contributed by atoms with Crippen LogP contribution in [0.25, 0.3) is 0 Å². The number of ether oxygens (including phenoxy) is 1. The summed E-state index contributed by atoms with van der Waals surface area (Å²) in [6.45, 7) is 8.85. The fraction of sp³-hybridized carbons (Fsp3) is 0.480. The average molecular weight is 452 g/mol. The maximum atomic E-state index is 13.1. The molecular weight excluding hydrogens is 418 g/mol. The summed E-state index contributed by atoms with van der Waals surface area (Å²) in [5.41, 5.74) is 3.43. The van der Waals surface area contributed by atoms with Gasteiger partial charge in [0.2, 0.25) is 11.8 Å². The fourth-order valence-electron chi connectivity index (χ4n) is 4.66. The zero-order valence-electron chi connectivity index (χ0n) is 19.7. The Morgan fingerprint density at radius 1 is 1.09 bits per heavy atom. The van der Waals surface area contributed by atoms with Crippen LogP contribution in [-0.2, 0) is 16.1 Å². The van der Waals surface area contributed by atoms with Gasteiger partial charge in [-0.2, -0.15) is 0 Å². The molecule has 33 heavy (non-hydrogen) atoms. The normalized spacial score (nSPS) is 19.4. The lowest BCUT2D eigenvalue weighted by molar-refractivity contribution is -0.139. The molecule has 1 N–H and O–H groups in total. The molecular formula is C25H33N5O3. The Kier molecular flexibility index (Phi) is 7.13. The van der Waals surface area contributed by atoms with E-state index in [1.165, 1.54) is 0 Å². The highest BCUT2D eigenvalue weighted by atomic mass is 16.5. The van der Waals surface area contributed by atoms with Crippen molar-refractivity contribution in [2.24, 2.45) is 0 Å². The zero-order chi connectivity index (χ0) is 23.4. The SMILES string of the molecule is COc1ccc(CN2CCNC(=O)C2CC(=O)N2CCN(c3ccccn3)CC2)c(C)c1C. The molecule has 1 aromatic carbocycles. The third-order valence-corrected chi connectivity index (χ3v) is 6.86. The summed E-state index contributed by atoms with van der Waals surface area (Å²) in [7, 11) is 1.67. The number of piperazine rings is 2. The first-order valence-corrected chi connectivity index (χ1v) is 11.6. The Morgan fingerprint density at radius 2 is 1.88 bits per heavy atom.